The molecule has 0 saturated heterocycles. The van der Waals surface area contributed by atoms with Crippen LogP contribution in [-0.2, 0) is 9.53 Å². The molecule has 0 aliphatic heterocycles. The molecular weight excluding hydrogens is 236 g/mol. The fourth-order valence-corrected chi connectivity index (χ4v) is 1.39. The first-order valence-corrected chi connectivity index (χ1v) is 5.56. The first kappa shape index (κ1) is 14.0. The third-order valence-corrected chi connectivity index (χ3v) is 2.20. The molecule has 0 aromatic carbocycles. The van der Waals surface area contributed by atoms with Crippen molar-refractivity contribution in [3.63, 3.8) is 0 Å². The van der Waals surface area contributed by atoms with Crippen molar-refractivity contribution < 1.29 is 18.7 Å². The van der Waals surface area contributed by atoms with E-state index < -0.39 is 11.9 Å². The van der Waals surface area contributed by atoms with Crippen molar-refractivity contribution in [3.05, 3.63) is 30.5 Å². The number of aryl methyl sites for hydroxylation is 1. The summed E-state index contributed by atoms with van der Waals surface area (Å²) in [5.74, 6) is -0.746. The van der Waals surface area contributed by atoms with E-state index in [1.165, 1.54) is 17.4 Å². The quantitative estimate of drug-likeness (QED) is 0.561. The van der Waals surface area contributed by atoms with Crippen molar-refractivity contribution in [1.82, 2.24) is 9.88 Å². The topological polar surface area (TPSA) is 72.6 Å². The minimum absolute atomic E-state index is 0.126. The second-order valence-corrected chi connectivity index (χ2v) is 3.55. The summed E-state index contributed by atoms with van der Waals surface area (Å²) in [6.45, 7) is 7.28. The summed E-state index contributed by atoms with van der Waals surface area (Å²) in [6, 6.07) is 0. The molecule has 1 rings (SSSR count). The largest absolute Gasteiger partial charge is 0.465 e. The van der Waals surface area contributed by atoms with Gasteiger partial charge in [0.1, 0.15) is 6.54 Å². The van der Waals surface area contributed by atoms with E-state index in [1.807, 2.05) is 0 Å². The summed E-state index contributed by atoms with van der Waals surface area (Å²) >= 11 is 0. The average molecular weight is 252 g/mol. The second kappa shape index (κ2) is 6.58. The highest BCUT2D eigenvalue weighted by molar-refractivity contribution is 5.94. The predicted molar refractivity (Wildman–Crippen MR) is 64.0 cm³/mol. The van der Waals surface area contributed by atoms with Crippen LogP contribution in [0.5, 0.6) is 0 Å². The van der Waals surface area contributed by atoms with Crippen LogP contribution in [0, 0.1) is 6.92 Å². The van der Waals surface area contributed by atoms with E-state index in [0.717, 1.165) is 0 Å². The Balaban J connectivity index is 2.78. The minimum atomic E-state index is -0.468. The van der Waals surface area contributed by atoms with E-state index >= 15 is 0 Å². The van der Waals surface area contributed by atoms with Crippen molar-refractivity contribution >= 4 is 11.9 Å². The lowest BCUT2D eigenvalue weighted by atomic mass is 10.3. The zero-order valence-electron chi connectivity index (χ0n) is 10.5. The number of aromatic nitrogens is 1. The van der Waals surface area contributed by atoms with Crippen LogP contribution in [0.1, 0.15) is 23.2 Å². The number of oxazole rings is 1. The Morgan fingerprint density at radius 1 is 1.61 bits per heavy atom. The molecule has 0 fully saturated rings. The summed E-state index contributed by atoms with van der Waals surface area (Å²) in [5, 5.41) is 0. The summed E-state index contributed by atoms with van der Waals surface area (Å²) in [7, 11) is 0. The molecule has 18 heavy (non-hydrogen) atoms. The van der Waals surface area contributed by atoms with Crippen LogP contribution in [-0.4, -0.2) is 41.5 Å². The fraction of sp³-hybridized carbons (Fsp3) is 0.417. The number of nitrogens with zero attached hydrogens (tertiary/aromatic N) is 2. The molecule has 1 heterocycles. The number of ether oxygens (including phenoxy) is 1. The van der Waals surface area contributed by atoms with Crippen LogP contribution in [0.4, 0.5) is 0 Å². The first-order chi connectivity index (χ1) is 8.60. The molecule has 0 spiro atoms. The lowest BCUT2D eigenvalue weighted by Gasteiger charge is -2.18. The normalized spacial score (nSPS) is 9.89. The van der Waals surface area contributed by atoms with Crippen molar-refractivity contribution in [2.75, 3.05) is 19.7 Å². The van der Waals surface area contributed by atoms with Gasteiger partial charge in [0.15, 0.2) is 6.39 Å². The van der Waals surface area contributed by atoms with Gasteiger partial charge in [-0.05, 0) is 13.8 Å². The zero-order chi connectivity index (χ0) is 13.5. The van der Waals surface area contributed by atoms with E-state index in [9.17, 15) is 9.59 Å². The van der Waals surface area contributed by atoms with Gasteiger partial charge in [0.05, 0.1) is 12.3 Å². The molecule has 1 aromatic heterocycles. The minimum Gasteiger partial charge on any atom is -0.465 e. The molecule has 1 aromatic rings. The van der Waals surface area contributed by atoms with Gasteiger partial charge in [0.2, 0.25) is 5.76 Å². The Kier molecular flexibility index (Phi) is 5.10. The van der Waals surface area contributed by atoms with E-state index in [2.05, 4.69) is 11.6 Å². The van der Waals surface area contributed by atoms with Crippen molar-refractivity contribution in [3.8, 4) is 0 Å². The number of carbonyl (C=O) groups excluding carboxylic acids is 2. The highest BCUT2D eigenvalue weighted by Gasteiger charge is 2.23. The molecule has 0 unspecified atom stereocenters. The highest BCUT2D eigenvalue weighted by atomic mass is 16.5. The van der Waals surface area contributed by atoms with Crippen LogP contribution in [0.25, 0.3) is 0 Å². The summed E-state index contributed by atoms with van der Waals surface area (Å²) in [5.41, 5.74) is 0.484. The molecule has 0 aliphatic rings. The van der Waals surface area contributed by atoms with Gasteiger partial charge in [-0.3, -0.25) is 9.59 Å². The third-order valence-electron chi connectivity index (χ3n) is 2.20. The molecule has 1 amide bonds. The van der Waals surface area contributed by atoms with Gasteiger partial charge in [0, 0.05) is 6.54 Å². The van der Waals surface area contributed by atoms with Crippen molar-refractivity contribution in [2.45, 2.75) is 13.8 Å². The lowest BCUT2D eigenvalue weighted by molar-refractivity contribution is -0.143. The number of hydrogen-bond acceptors (Lipinski definition) is 5. The van der Waals surface area contributed by atoms with Gasteiger partial charge in [-0.2, -0.15) is 0 Å². The standard InChI is InChI=1S/C12H16N2O4/c1-4-6-14(7-10(15)17-5-2)12(16)11-9(3)13-8-18-11/h4,8H,1,5-7H2,2-3H3. The zero-order valence-corrected chi connectivity index (χ0v) is 10.5. The predicted octanol–water partition coefficient (Wildman–Crippen LogP) is 1.17. The average Bonchev–Trinajstić information content (AvgIpc) is 2.74. The van der Waals surface area contributed by atoms with Crippen molar-refractivity contribution in [1.29, 1.82) is 0 Å². The number of amides is 1. The summed E-state index contributed by atoms with van der Waals surface area (Å²) < 4.78 is 9.81. The summed E-state index contributed by atoms with van der Waals surface area (Å²) in [6.07, 6.45) is 2.72. The van der Waals surface area contributed by atoms with Gasteiger partial charge in [-0.1, -0.05) is 6.08 Å². The molecule has 0 aliphatic carbocycles. The van der Waals surface area contributed by atoms with Crippen LogP contribution < -0.4 is 0 Å². The van der Waals surface area contributed by atoms with E-state index in [-0.39, 0.29) is 25.5 Å². The second-order valence-electron chi connectivity index (χ2n) is 3.55. The van der Waals surface area contributed by atoms with Crippen molar-refractivity contribution in [2.24, 2.45) is 0 Å². The number of esters is 1. The van der Waals surface area contributed by atoms with Crippen LogP contribution in [0.15, 0.2) is 23.5 Å². The van der Waals surface area contributed by atoms with Gasteiger partial charge < -0.3 is 14.1 Å². The smallest absolute Gasteiger partial charge is 0.325 e. The molecule has 0 N–H and O–H groups in total. The molecule has 0 saturated carbocycles. The Morgan fingerprint density at radius 2 is 2.33 bits per heavy atom. The van der Waals surface area contributed by atoms with E-state index in [0.29, 0.717) is 5.69 Å². The molecule has 0 bridgehead atoms. The van der Waals surface area contributed by atoms with Gasteiger partial charge in [-0.25, -0.2) is 4.98 Å². The van der Waals surface area contributed by atoms with Gasteiger partial charge in [0.25, 0.3) is 5.91 Å². The molecule has 0 radical (unpaired) electrons. The maximum absolute atomic E-state index is 12.1. The fourth-order valence-electron chi connectivity index (χ4n) is 1.39. The summed E-state index contributed by atoms with van der Waals surface area (Å²) in [4.78, 5) is 28.6. The van der Waals surface area contributed by atoms with Crippen LogP contribution >= 0.6 is 0 Å². The molecule has 0 atom stereocenters. The van der Waals surface area contributed by atoms with E-state index in [4.69, 9.17) is 9.15 Å². The Morgan fingerprint density at radius 3 is 2.83 bits per heavy atom. The van der Waals surface area contributed by atoms with Gasteiger partial charge >= 0.3 is 5.97 Å². The van der Waals surface area contributed by atoms with Gasteiger partial charge in [-0.15, -0.1) is 6.58 Å². The molecule has 98 valence electrons. The monoisotopic (exact) mass is 252 g/mol. The number of rotatable bonds is 6. The molecule has 6 nitrogen and oxygen atoms in total. The Labute approximate surface area is 105 Å². The van der Waals surface area contributed by atoms with Crippen LogP contribution in [0.3, 0.4) is 0 Å². The van der Waals surface area contributed by atoms with E-state index in [1.54, 1.807) is 13.8 Å². The SMILES string of the molecule is C=CCN(CC(=O)OCC)C(=O)c1ocnc1C. The Hall–Kier alpha value is -2.11. The lowest BCUT2D eigenvalue weighted by Crippen LogP contribution is -2.36. The molecule has 6 heteroatoms. The van der Waals surface area contributed by atoms with Crippen LogP contribution in [0.2, 0.25) is 0 Å². The number of carbonyl (C=O) groups is 2. The maximum Gasteiger partial charge on any atom is 0.325 e. The molecular formula is C12H16N2O4. The third kappa shape index (κ3) is 3.44. The maximum atomic E-state index is 12.1. The number of hydrogen-bond donors (Lipinski definition) is 0. The Bertz CT molecular complexity index is 439. The first-order valence-electron chi connectivity index (χ1n) is 5.56. The highest BCUT2D eigenvalue weighted by Crippen LogP contribution is 2.09.